The minimum Gasteiger partial charge on any atom is -0.313 e. The Morgan fingerprint density at radius 3 is 2.15 bits per heavy atom. The van der Waals surface area contributed by atoms with E-state index >= 15 is 0 Å². The van der Waals surface area contributed by atoms with Gasteiger partial charge in [-0.3, -0.25) is 4.21 Å². The molecule has 0 aromatic rings. The van der Waals surface area contributed by atoms with Gasteiger partial charge < -0.3 is 5.32 Å². The molecule has 4 unspecified atom stereocenters. The fourth-order valence-electron chi connectivity index (χ4n) is 3.31. The van der Waals surface area contributed by atoms with Gasteiger partial charge in [-0.1, -0.05) is 34.1 Å². The standard InChI is InChI=1S/C17H35NOS/c1-8-17(6,7)13-10-11-14(18-9-2)15(12-13)20(19)16(3,4)5/h13-15,18H,8-12H2,1-7H3. The second kappa shape index (κ2) is 6.91. The first-order valence-electron chi connectivity index (χ1n) is 8.27. The third-order valence-corrected chi connectivity index (χ3v) is 7.43. The molecule has 1 aliphatic rings. The van der Waals surface area contributed by atoms with Gasteiger partial charge in [-0.2, -0.15) is 0 Å². The molecule has 0 aromatic heterocycles. The lowest BCUT2D eigenvalue weighted by molar-refractivity contribution is 0.140. The molecule has 1 fully saturated rings. The molecule has 4 atom stereocenters. The molecule has 1 rings (SSSR count). The minimum absolute atomic E-state index is 0.114. The van der Waals surface area contributed by atoms with Crippen molar-refractivity contribution >= 4 is 10.8 Å². The largest absolute Gasteiger partial charge is 0.313 e. The molecule has 0 aliphatic heterocycles. The van der Waals surface area contributed by atoms with Gasteiger partial charge in [0, 0.05) is 21.6 Å². The van der Waals surface area contributed by atoms with Crippen molar-refractivity contribution in [1.82, 2.24) is 5.32 Å². The molecule has 0 bridgehead atoms. The Balaban J connectivity index is 2.91. The van der Waals surface area contributed by atoms with Gasteiger partial charge in [0.15, 0.2) is 0 Å². The summed E-state index contributed by atoms with van der Waals surface area (Å²) < 4.78 is 12.8. The topological polar surface area (TPSA) is 29.1 Å². The Morgan fingerprint density at radius 2 is 1.70 bits per heavy atom. The summed E-state index contributed by atoms with van der Waals surface area (Å²) in [5.41, 5.74) is 0.373. The van der Waals surface area contributed by atoms with E-state index in [0.29, 0.717) is 22.6 Å². The molecule has 2 nitrogen and oxygen atoms in total. The molecule has 0 saturated heterocycles. The van der Waals surface area contributed by atoms with Crippen LogP contribution in [0.5, 0.6) is 0 Å². The van der Waals surface area contributed by atoms with Crippen LogP contribution < -0.4 is 5.32 Å². The van der Waals surface area contributed by atoms with Gasteiger partial charge in [-0.05, 0) is 57.9 Å². The van der Waals surface area contributed by atoms with Crippen molar-refractivity contribution in [2.45, 2.75) is 90.2 Å². The third kappa shape index (κ3) is 4.30. The zero-order valence-electron chi connectivity index (χ0n) is 14.6. The first-order valence-corrected chi connectivity index (χ1v) is 9.48. The summed E-state index contributed by atoms with van der Waals surface area (Å²) >= 11 is 0. The van der Waals surface area contributed by atoms with Crippen molar-refractivity contribution in [2.24, 2.45) is 11.3 Å². The van der Waals surface area contributed by atoms with Crippen LogP contribution in [0, 0.1) is 11.3 Å². The average molecular weight is 302 g/mol. The summed E-state index contributed by atoms with van der Waals surface area (Å²) in [7, 11) is -0.775. The first-order chi connectivity index (χ1) is 9.13. The third-order valence-electron chi connectivity index (χ3n) is 5.15. The molecule has 1 aliphatic carbocycles. The van der Waals surface area contributed by atoms with Gasteiger partial charge in [-0.15, -0.1) is 0 Å². The van der Waals surface area contributed by atoms with Crippen molar-refractivity contribution in [2.75, 3.05) is 6.54 Å². The molecule has 1 N–H and O–H groups in total. The fourth-order valence-corrected chi connectivity index (χ4v) is 5.16. The van der Waals surface area contributed by atoms with Crippen LogP contribution in [-0.4, -0.2) is 26.8 Å². The summed E-state index contributed by atoms with van der Waals surface area (Å²) in [4.78, 5) is 0. The van der Waals surface area contributed by atoms with Crippen molar-refractivity contribution < 1.29 is 4.21 Å². The smallest absolute Gasteiger partial charge is 0.0509 e. The van der Waals surface area contributed by atoms with Gasteiger partial charge in [0.25, 0.3) is 0 Å². The quantitative estimate of drug-likeness (QED) is 0.827. The number of nitrogens with one attached hydrogen (secondary N) is 1. The van der Waals surface area contributed by atoms with Crippen molar-refractivity contribution in [3.8, 4) is 0 Å². The zero-order valence-corrected chi connectivity index (χ0v) is 15.4. The van der Waals surface area contributed by atoms with Crippen LogP contribution in [0.4, 0.5) is 0 Å². The second-order valence-electron chi connectivity index (χ2n) is 7.96. The normalized spacial score (nSPS) is 30.2. The highest BCUT2D eigenvalue weighted by molar-refractivity contribution is 7.87. The second-order valence-corrected chi connectivity index (χ2v) is 10.4. The summed E-state index contributed by atoms with van der Waals surface area (Å²) in [5.74, 6) is 0.707. The maximum Gasteiger partial charge on any atom is 0.0509 e. The van der Waals surface area contributed by atoms with Crippen molar-refractivity contribution in [1.29, 1.82) is 0 Å². The van der Waals surface area contributed by atoms with E-state index in [1.807, 2.05) is 0 Å². The van der Waals surface area contributed by atoms with Crippen LogP contribution in [0.15, 0.2) is 0 Å². The van der Waals surface area contributed by atoms with Crippen molar-refractivity contribution in [3.63, 3.8) is 0 Å². The van der Waals surface area contributed by atoms with Crippen LogP contribution >= 0.6 is 0 Å². The Hall–Kier alpha value is 0.110. The van der Waals surface area contributed by atoms with Crippen LogP contribution in [0.2, 0.25) is 0 Å². The Bertz CT molecular complexity index is 332. The maximum absolute atomic E-state index is 12.9. The van der Waals surface area contributed by atoms with Crippen LogP contribution in [-0.2, 0) is 10.8 Å². The lowest BCUT2D eigenvalue weighted by atomic mass is 9.68. The van der Waals surface area contributed by atoms with Gasteiger partial charge >= 0.3 is 0 Å². The van der Waals surface area contributed by atoms with Gasteiger partial charge in [-0.25, -0.2) is 0 Å². The molecule has 0 aromatic carbocycles. The number of rotatable bonds is 5. The molecule has 0 amide bonds. The van der Waals surface area contributed by atoms with Crippen molar-refractivity contribution in [3.05, 3.63) is 0 Å². The van der Waals surface area contributed by atoms with Gasteiger partial charge in [0.1, 0.15) is 0 Å². The SMILES string of the molecule is CCNC1CCC(C(C)(C)CC)CC1S(=O)C(C)(C)C. The molecule has 0 radical (unpaired) electrons. The van der Waals surface area contributed by atoms with Crippen LogP contribution in [0.1, 0.15) is 74.1 Å². The lowest BCUT2D eigenvalue weighted by Gasteiger charge is -2.44. The Morgan fingerprint density at radius 1 is 1.10 bits per heavy atom. The molecule has 0 heterocycles. The molecule has 3 heteroatoms. The zero-order chi connectivity index (χ0) is 15.6. The summed E-state index contributed by atoms with van der Waals surface area (Å²) in [5, 5.41) is 3.89. The molecule has 120 valence electrons. The van der Waals surface area contributed by atoms with E-state index in [0.717, 1.165) is 13.0 Å². The number of hydrogen-bond acceptors (Lipinski definition) is 2. The van der Waals surface area contributed by atoms with E-state index in [4.69, 9.17) is 0 Å². The van der Waals surface area contributed by atoms with Gasteiger partial charge in [0.05, 0.1) is 5.25 Å². The van der Waals surface area contributed by atoms with E-state index < -0.39 is 10.8 Å². The Kier molecular flexibility index (Phi) is 6.28. The molecule has 20 heavy (non-hydrogen) atoms. The molecule has 0 spiro atoms. The van der Waals surface area contributed by atoms with Crippen LogP contribution in [0.25, 0.3) is 0 Å². The molecular weight excluding hydrogens is 266 g/mol. The first kappa shape index (κ1) is 18.2. The van der Waals surface area contributed by atoms with E-state index in [1.54, 1.807) is 0 Å². The average Bonchev–Trinajstić information content (AvgIpc) is 2.37. The summed E-state index contributed by atoms with van der Waals surface area (Å²) in [6.07, 6.45) is 4.77. The lowest BCUT2D eigenvalue weighted by Crippen LogP contribution is -2.51. The monoisotopic (exact) mass is 301 g/mol. The highest BCUT2D eigenvalue weighted by Crippen LogP contribution is 2.42. The predicted octanol–water partition coefficient (Wildman–Crippen LogP) is 4.12. The van der Waals surface area contributed by atoms with E-state index in [-0.39, 0.29) is 4.75 Å². The Labute approximate surface area is 128 Å². The highest BCUT2D eigenvalue weighted by Gasteiger charge is 2.41. The van der Waals surface area contributed by atoms with E-state index in [9.17, 15) is 4.21 Å². The number of hydrogen-bond donors (Lipinski definition) is 1. The van der Waals surface area contributed by atoms with E-state index in [1.165, 1.54) is 19.3 Å². The van der Waals surface area contributed by atoms with E-state index in [2.05, 4.69) is 53.8 Å². The molecular formula is C17H35NOS. The molecule has 1 saturated carbocycles. The highest BCUT2D eigenvalue weighted by atomic mass is 32.2. The maximum atomic E-state index is 12.9. The summed E-state index contributed by atoms with van der Waals surface area (Å²) in [6, 6.07) is 0.434. The van der Waals surface area contributed by atoms with Gasteiger partial charge in [0.2, 0.25) is 0 Å². The fraction of sp³-hybridized carbons (Fsp3) is 1.00. The van der Waals surface area contributed by atoms with Crippen LogP contribution in [0.3, 0.4) is 0 Å². The minimum atomic E-state index is -0.775. The summed E-state index contributed by atoms with van der Waals surface area (Å²) in [6.45, 7) is 16.5. The predicted molar refractivity (Wildman–Crippen MR) is 90.6 cm³/mol.